The number of rotatable bonds is 4. The summed E-state index contributed by atoms with van der Waals surface area (Å²) in [5, 5.41) is 0.772. The number of ether oxygens (including phenoxy) is 2. The highest BCUT2D eigenvalue weighted by molar-refractivity contribution is 6.31. The van der Waals surface area contributed by atoms with Crippen LogP contribution in [0.4, 0.5) is 0 Å². The highest BCUT2D eigenvalue weighted by Gasteiger charge is 2.35. The van der Waals surface area contributed by atoms with Crippen molar-refractivity contribution in [2.24, 2.45) is 0 Å². The molecule has 1 aromatic heterocycles. The van der Waals surface area contributed by atoms with Gasteiger partial charge >= 0.3 is 0 Å². The second-order valence-corrected chi connectivity index (χ2v) is 8.34. The molecule has 0 saturated carbocycles. The van der Waals surface area contributed by atoms with E-state index in [2.05, 4.69) is 4.90 Å². The number of Topliss-reactive ketones (excluding diaryl/α,β-unsaturated/α-hetero) is 1. The van der Waals surface area contributed by atoms with E-state index >= 15 is 0 Å². The van der Waals surface area contributed by atoms with Crippen molar-refractivity contribution in [3.05, 3.63) is 87.0 Å². The van der Waals surface area contributed by atoms with Crippen molar-refractivity contribution < 1.29 is 18.7 Å². The van der Waals surface area contributed by atoms with E-state index in [4.69, 9.17) is 25.5 Å². The number of carbonyl (C=O) groups excluding carboxylic acids is 1. The molecule has 0 spiro atoms. The van der Waals surface area contributed by atoms with Gasteiger partial charge in [-0.25, -0.2) is 0 Å². The Hall–Kier alpha value is -3.02. The highest BCUT2D eigenvalue weighted by atomic mass is 35.5. The molecule has 0 atom stereocenters. The van der Waals surface area contributed by atoms with Gasteiger partial charge in [-0.1, -0.05) is 29.8 Å². The molecule has 3 aromatic rings. The highest BCUT2D eigenvalue weighted by Crippen LogP contribution is 2.44. The zero-order chi connectivity index (χ0) is 21.5. The number of halogens is 1. The molecule has 5 nitrogen and oxygen atoms in total. The second kappa shape index (κ2) is 7.91. The first kappa shape index (κ1) is 19.9. The van der Waals surface area contributed by atoms with Gasteiger partial charge in [0, 0.05) is 24.2 Å². The maximum Gasteiger partial charge on any atom is 0.232 e. The number of nitrogens with zero attached hydrogens (tertiary/aromatic N) is 1. The Balaban J connectivity index is 1.40. The van der Waals surface area contributed by atoms with Gasteiger partial charge in [-0.05, 0) is 55.7 Å². The van der Waals surface area contributed by atoms with Crippen molar-refractivity contribution in [1.29, 1.82) is 0 Å². The minimum Gasteiger partial charge on any atom is -0.478 e. The largest absolute Gasteiger partial charge is 0.478 e. The van der Waals surface area contributed by atoms with Crippen LogP contribution < -0.4 is 9.47 Å². The number of aryl methyl sites for hydroxylation is 2. The molecule has 3 heterocycles. The summed E-state index contributed by atoms with van der Waals surface area (Å²) in [5.41, 5.74) is 3.46. The summed E-state index contributed by atoms with van der Waals surface area (Å²) in [6, 6.07) is 13.5. The average molecular weight is 436 g/mol. The summed E-state index contributed by atoms with van der Waals surface area (Å²) >= 11 is 6.30. The van der Waals surface area contributed by atoms with E-state index in [1.54, 1.807) is 6.08 Å². The predicted octanol–water partition coefficient (Wildman–Crippen LogP) is 5.56. The first-order chi connectivity index (χ1) is 15.0. The smallest absolute Gasteiger partial charge is 0.232 e. The topological polar surface area (TPSA) is 51.9 Å². The normalized spacial score (nSPS) is 16.7. The first-order valence-corrected chi connectivity index (χ1v) is 10.6. The molecule has 0 radical (unpaired) electrons. The lowest BCUT2D eigenvalue weighted by atomic mass is 9.98. The van der Waals surface area contributed by atoms with Gasteiger partial charge in [0.25, 0.3) is 0 Å². The molecule has 0 aliphatic carbocycles. The van der Waals surface area contributed by atoms with Crippen LogP contribution in [0, 0.1) is 13.8 Å². The molecule has 0 N–H and O–H groups in total. The Morgan fingerprint density at radius 3 is 2.77 bits per heavy atom. The van der Waals surface area contributed by atoms with Gasteiger partial charge in [-0.3, -0.25) is 9.69 Å². The number of furan rings is 1. The molecule has 0 unspecified atom stereocenters. The van der Waals surface area contributed by atoms with Gasteiger partial charge in [0.2, 0.25) is 5.78 Å². The van der Waals surface area contributed by atoms with Crippen LogP contribution in [0.5, 0.6) is 11.5 Å². The molecule has 31 heavy (non-hydrogen) atoms. The Morgan fingerprint density at radius 2 is 2.00 bits per heavy atom. The molecule has 2 aromatic carbocycles. The van der Waals surface area contributed by atoms with Crippen molar-refractivity contribution in [1.82, 2.24) is 4.90 Å². The van der Waals surface area contributed by atoms with E-state index in [9.17, 15) is 4.79 Å². The molecule has 0 saturated heterocycles. The Kier molecular flexibility index (Phi) is 5.08. The summed E-state index contributed by atoms with van der Waals surface area (Å²) < 4.78 is 17.7. The molecule has 0 bridgehead atoms. The van der Waals surface area contributed by atoms with Crippen LogP contribution in [-0.2, 0) is 13.0 Å². The van der Waals surface area contributed by atoms with E-state index in [1.165, 1.54) is 0 Å². The lowest BCUT2D eigenvalue weighted by Gasteiger charge is -2.30. The monoisotopic (exact) mass is 435 g/mol. The minimum absolute atomic E-state index is 0.127. The van der Waals surface area contributed by atoms with Crippen LogP contribution in [-0.4, -0.2) is 24.0 Å². The Bertz CT molecular complexity index is 1210. The van der Waals surface area contributed by atoms with E-state index in [-0.39, 0.29) is 11.5 Å². The van der Waals surface area contributed by atoms with Crippen LogP contribution in [0.25, 0.3) is 6.08 Å². The first-order valence-electron chi connectivity index (χ1n) is 10.3. The van der Waals surface area contributed by atoms with E-state index < -0.39 is 0 Å². The third-order valence-electron chi connectivity index (χ3n) is 5.68. The zero-order valence-electron chi connectivity index (χ0n) is 17.4. The van der Waals surface area contributed by atoms with Crippen molar-refractivity contribution in [2.45, 2.75) is 26.8 Å². The van der Waals surface area contributed by atoms with Crippen molar-refractivity contribution >= 4 is 23.5 Å². The molecular weight excluding hydrogens is 414 g/mol. The zero-order valence-corrected chi connectivity index (χ0v) is 18.2. The maximum absolute atomic E-state index is 13.0. The van der Waals surface area contributed by atoms with Gasteiger partial charge in [0.05, 0.1) is 11.1 Å². The number of hydrogen-bond acceptors (Lipinski definition) is 5. The van der Waals surface area contributed by atoms with Crippen LogP contribution >= 0.6 is 11.6 Å². The van der Waals surface area contributed by atoms with E-state index in [1.807, 2.05) is 56.3 Å². The molecule has 5 rings (SSSR count). The number of benzene rings is 2. The lowest BCUT2D eigenvalue weighted by Crippen LogP contribution is -2.34. The minimum atomic E-state index is -0.127. The Morgan fingerprint density at radius 1 is 1.16 bits per heavy atom. The molecule has 6 heteroatoms. The third kappa shape index (κ3) is 3.75. The number of carbonyl (C=O) groups is 1. The van der Waals surface area contributed by atoms with Crippen LogP contribution in [0.3, 0.4) is 0 Å². The molecule has 2 aliphatic heterocycles. The number of hydrogen-bond donors (Lipinski definition) is 0. The van der Waals surface area contributed by atoms with Crippen molar-refractivity contribution in [3.63, 3.8) is 0 Å². The second-order valence-electron chi connectivity index (χ2n) is 7.93. The van der Waals surface area contributed by atoms with Gasteiger partial charge < -0.3 is 13.9 Å². The van der Waals surface area contributed by atoms with Gasteiger partial charge in [0.1, 0.15) is 29.8 Å². The molecule has 2 aliphatic rings. The molecule has 0 amide bonds. The van der Waals surface area contributed by atoms with Crippen LogP contribution in [0.1, 0.15) is 38.6 Å². The fourth-order valence-electron chi connectivity index (χ4n) is 4.06. The third-order valence-corrected chi connectivity index (χ3v) is 6.05. The maximum atomic E-state index is 13.0. The molecule has 158 valence electrons. The number of ketones is 1. The van der Waals surface area contributed by atoms with Gasteiger partial charge in [0.15, 0.2) is 5.76 Å². The summed E-state index contributed by atoms with van der Waals surface area (Å²) in [6.45, 7) is 5.69. The van der Waals surface area contributed by atoms with Crippen molar-refractivity contribution in [2.75, 3.05) is 13.3 Å². The standard InChI is InChI=1S/C25H22ClNO4/c1-15-11-21-19(13-27(14-29-21)10-9-17-5-3-4-6-20(17)26)25-23(15)24(28)22(31-25)12-18-8-7-16(2)30-18/h3-8,11-12H,9-10,13-14H2,1-2H3/b22-12-. The van der Waals surface area contributed by atoms with Crippen LogP contribution in [0.2, 0.25) is 5.02 Å². The van der Waals surface area contributed by atoms with Crippen LogP contribution in [0.15, 0.2) is 52.6 Å². The molecule has 0 fully saturated rings. The van der Waals surface area contributed by atoms with Gasteiger partial charge in [-0.15, -0.1) is 0 Å². The fourth-order valence-corrected chi connectivity index (χ4v) is 4.29. The average Bonchev–Trinajstić information content (AvgIpc) is 3.31. The molecular formula is C25H22ClNO4. The summed E-state index contributed by atoms with van der Waals surface area (Å²) in [4.78, 5) is 15.2. The lowest BCUT2D eigenvalue weighted by molar-refractivity contribution is 0.0949. The van der Waals surface area contributed by atoms with E-state index in [0.717, 1.165) is 46.2 Å². The van der Waals surface area contributed by atoms with E-state index in [0.29, 0.717) is 30.3 Å². The summed E-state index contributed by atoms with van der Waals surface area (Å²) in [6.07, 6.45) is 2.47. The quantitative estimate of drug-likeness (QED) is 0.502. The Labute approximate surface area is 185 Å². The van der Waals surface area contributed by atoms with Crippen molar-refractivity contribution in [3.8, 4) is 11.5 Å². The fraction of sp³-hybridized carbons (Fsp3) is 0.240. The summed E-state index contributed by atoms with van der Waals surface area (Å²) in [7, 11) is 0. The number of fused-ring (bicyclic) bond motifs is 3. The van der Waals surface area contributed by atoms with Gasteiger partial charge in [-0.2, -0.15) is 0 Å². The SMILES string of the molecule is Cc1ccc(/C=C2\Oc3c4c(cc(C)c3C2=O)OCN(CCc2ccccc2Cl)C4)o1. The number of allylic oxidation sites excluding steroid dienone is 1. The predicted molar refractivity (Wildman–Crippen MR) is 119 cm³/mol. The summed E-state index contributed by atoms with van der Waals surface area (Å²) in [5.74, 6) is 2.89.